The standard InChI is InChI=1S/C15H24N2/c1-12(16-3)15-9-10-17(11-15)13(2)14-7-5-4-6-8-14/h4-8,12-13,15-16H,9-11H2,1-3H3/t12-,13+,15-/m1/s1. The molecule has 1 aromatic carbocycles. The minimum absolute atomic E-state index is 0.547. The van der Waals surface area contributed by atoms with Crippen LogP contribution in [0.5, 0.6) is 0 Å². The van der Waals surface area contributed by atoms with Gasteiger partial charge in [-0.3, -0.25) is 4.90 Å². The highest BCUT2D eigenvalue weighted by atomic mass is 15.2. The average Bonchev–Trinajstić information content (AvgIpc) is 2.87. The first kappa shape index (κ1) is 12.6. The van der Waals surface area contributed by atoms with Gasteiger partial charge in [0.15, 0.2) is 0 Å². The molecule has 0 spiro atoms. The molecule has 1 heterocycles. The van der Waals surface area contributed by atoms with Crippen LogP contribution in [-0.4, -0.2) is 31.1 Å². The van der Waals surface area contributed by atoms with Crippen molar-refractivity contribution in [3.63, 3.8) is 0 Å². The molecule has 17 heavy (non-hydrogen) atoms. The Morgan fingerprint density at radius 3 is 2.59 bits per heavy atom. The molecule has 1 aromatic rings. The Balaban J connectivity index is 1.97. The molecular weight excluding hydrogens is 208 g/mol. The number of nitrogens with zero attached hydrogens (tertiary/aromatic N) is 1. The highest BCUT2D eigenvalue weighted by molar-refractivity contribution is 5.18. The van der Waals surface area contributed by atoms with E-state index in [4.69, 9.17) is 0 Å². The van der Waals surface area contributed by atoms with Crippen molar-refractivity contribution >= 4 is 0 Å². The molecule has 0 amide bonds. The Bertz CT molecular complexity index is 336. The highest BCUT2D eigenvalue weighted by Gasteiger charge is 2.29. The molecule has 94 valence electrons. The zero-order valence-corrected chi connectivity index (χ0v) is 11.2. The van der Waals surface area contributed by atoms with Gasteiger partial charge in [0, 0.05) is 18.6 Å². The number of rotatable bonds is 4. The minimum Gasteiger partial charge on any atom is -0.317 e. The highest BCUT2D eigenvalue weighted by Crippen LogP contribution is 2.28. The zero-order valence-electron chi connectivity index (χ0n) is 11.2. The van der Waals surface area contributed by atoms with E-state index >= 15 is 0 Å². The maximum Gasteiger partial charge on any atom is 0.0320 e. The number of hydrogen-bond acceptors (Lipinski definition) is 2. The largest absolute Gasteiger partial charge is 0.317 e. The molecule has 0 aliphatic carbocycles. The van der Waals surface area contributed by atoms with Crippen molar-refractivity contribution in [1.29, 1.82) is 0 Å². The fourth-order valence-corrected chi connectivity index (χ4v) is 2.75. The SMILES string of the molecule is CN[C@H](C)[C@@H]1CCN([C@@H](C)c2ccccc2)C1. The van der Waals surface area contributed by atoms with Crippen molar-refractivity contribution in [2.24, 2.45) is 5.92 Å². The number of likely N-dealkylation sites (tertiary alicyclic amines) is 1. The van der Waals surface area contributed by atoms with Gasteiger partial charge in [-0.15, -0.1) is 0 Å². The van der Waals surface area contributed by atoms with E-state index in [9.17, 15) is 0 Å². The molecule has 1 fully saturated rings. The lowest BCUT2D eigenvalue weighted by Crippen LogP contribution is -2.33. The molecule has 0 radical (unpaired) electrons. The summed E-state index contributed by atoms with van der Waals surface area (Å²) >= 11 is 0. The van der Waals surface area contributed by atoms with E-state index in [-0.39, 0.29) is 0 Å². The van der Waals surface area contributed by atoms with Gasteiger partial charge >= 0.3 is 0 Å². The maximum atomic E-state index is 3.38. The summed E-state index contributed by atoms with van der Waals surface area (Å²) in [6.07, 6.45) is 1.32. The molecule has 0 bridgehead atoms. The summed E-state index contributed by atoms with van der Waals surface area (Å²) in [7, 11) is 2.06. The van der Waals surface area contributed by atoms with E-state index in [1.54, 1.807) is 0 Å². The topological polar surface area (TPSA) is 15.3 Å². The predicted octanol–water partition coefficient (Wildman–Crippen LogP) is 2.68. The van der Waals surface area contributed by atoms with E-state index in [0.717, 1.165) is 5.92 Å². The zero-order chi connectivity index (χ0) is 12.3. The molecule has 1 saturated heterocycles. The van der Waals surface area contributed by atoms with Gasteiger partial charge in [-0.2, -0.15) is 0 Å². The van der Waals surface area contributed by atoms with Gasteiger partial charge in [-0.05, 0) is 45.3 Å². The Morgan fingerprint density at radius 1 is 1.24 bits per heavy atom. The molecule has 0 unspecified atom stereocenters. The van der Waals surface area contributed by atoms with Crippen LogP contribution in [0, 0.1) is 5.92 Å². The van der Waals surface area contributed by atoms with Crippen LogP contribution in [0.4, 0.5) is 0 Å². The van der Waals surface area contributed by atoms with Crippen LogP contribution in [-0.2, 0) is 0 Å². The van der Waals surface area contributed by atoms with E-state index in [0.29, 0.717) is 12.1 Å². The molecule has 1 N–H and O–H groups in total. The van der Waals surface area contributed by atoms with Crippen molar-refractivity contribution < 1.29 is 0 Å². The third-order valence-corrected chi connectivity index (χ3v) is 4.25. The van der Waals surface area contributed by atoms with Gasteiger partial charge in [0.1, 0.15) is 0 Å². The fourth-order valence-electron chi connectivity index (χ4n) is 2.75. The van der Waals surface area contributed by atoms with Gasteiger partial charge in [0.2, 0.25) is 0 Å². The summed E-state index contributed by atoms with van der Waals surface area (Å²) in [5.74, 6) is 0.797. The van der Waals surface area contributed by atoms with Crippen LogP contribution >= 0.6 is 0 Å². The maximum absolute atomic E-state index is 3.38. The number of nitrogens with one attached hydrogen (secondary N) is 1. The minimum atomic E-state index is 0.547. The summed E-state index contributed by atoms with van der Waals surface area (Å²) in [5, 5.41) is 3.38. The van der Waals surface area contributed by atoms with Gasteiger partial charge in [-0.25, -0.2) is 0 Å². The lowest BCUT2D eigenvalue weighted by molar-refractivity contribution is 0.244. The first-order chi connectivity index (χ1) is 8.22. The van der Waals surface area contributed by atoms with E-state index in [2.05, 4.69) is 61.4 Å². The molecule has 2 heteroatoms. The molecule has 0 aromatic heterocycles. The van der Waals surface area contributed by atoms with Crippen molar-refractivity contribution in [1.82, 2.24) is 10.2 Å². The van der Waals surface area contributed by atoms with Gasteiger partial charge in [0.05, 0.1) is 0 Å². The Labute approximate surface area is 105 Å². The van der Waals surface area contributed by atoms with Crippen LogP contribution in [0.3, 0.4) is 0 Å². The first-order valence-electron chi connectivity index (χ1n) is 6.68. The quantitative estimate of drug-likeness (QED) is 0.858. The van der Waals surface area contributed by atoms with Crippen LogP contribution in [0.1, 0.15) is 31.9 Å². The Morgan fingerprint density at radius 2 is 1.94 bits per heavy atom. The average molecular weight is 232 g/mol. The van der Waals surface area contributed by atoms with Crippen molar-refractivity contribution in [2.45, 2.75) is 32.4 Å². The second-order valence-corrected chi connectivity index (χ2v) is 5.21. The Kier molecular flexibility index (Phi) is 4.19. The third-order valence-electron chi connectivity index (χ3n) is 4.25. The van der Waals surface area contributed by atoms with Crippen LogP contribution in [0.2, 0.25) is 0 Å². The van der Waals surface area contributed by atoms with Gasteiger partial charge in [0.25, 0.3) is 0 Å². The molecule has 0 saturated carbocycles. The third kappa shape index (κ3) is 2.88. The molecule has 1 aliphatic heterocycles. The van der Waals surface area contributed by atoms with Crippen LogP contribution in [0.25, 0.3) is 0 Å². The monoisotopic (exact) mass is 232 g/mol. The summed E-state index contributed by atoms with van der Waals surface area (Å²) < 4.78 is 0. The second-order valence-electron chi connectivity index (χ2n) is 5.21. The summed E-state index contributed by atoms with van der Waals surface area (Å²) in [6.45, 7) is 7.06. The number of hydrogen-bond donors (Lipinski definition) is 1. The number of benzene rings is 1. The summed E-state index contributed by atoms with van der Waals surface area (Å²) in [5.41, 5.74) is 1.44. The normalized spacial score (nSPS) is 24.8. The van der Waals surface area contributed by atoms with E-state index < -0.39 is 0 Å². The second kappa shape index (κ2) is 5.65. The van der Waals surface area contributed by atoms with Gasteiger partial charge in [-0.1, -0.05) is 30.3 Å². The first-order valence-corrected chi connectivity index (χ1v) is 6.68. The smallest absolute Gasteiger partial charge is 0.0320 e. The molecule has 3 atom stereocenters. The Hall–Kier alpha value is -0.860. The van der Waals surface area contributed by atoms with E-state index in [1.807, 2.05) is 0 Å². The summed E-state index contributed by atoms with van der Waals surface area (Å²) in [6, 6.07) is 12.0. The molecular formula is C15H24N2. The summed E-state index contributed by atoms with van der Waals surface area (Å²) in [4.78, 5) is 2.60. The van der Waals surface area contributed by atoms with E-state index in [1.165, 1.54) is 25.1 Å². The molecule has 1 aliphatic rings. The van der Waals surface area contributed by atoms with Crippen LogP contribution in [0.15, 0.2) is 30.3 Å². The molecule has 2 nitrogen and oxygen atoms in total. The van der Waals surface area contributed by atoms with Crippen LogP contribution < -0.4 is 5.32 Å². The van der Waals surface area contributed by atoms with Crippen molar-refractivity contribution in [3.8, 4) is 0 Å². The predicted molar refractivity (Wildman–Crippen MR) is 73.1 cm³/mol. The van der Waals surface area contributed by atoms with Crippen molar-refractivity contribution in [2.75, 3.05) is 20.1 Å². The van der Waals surface area contributed by atoms with Crippen molar-refractivity contribution in [3.05, 3.63) is 35.9 Å². The lowest BCUT2D eigenvalue weighted by atomic mass is 10.0. The fraction of sp³-hybridized carbons (Fsp3) is 0.600. The lowest BCUT2D eigenvalue weighted by Gasteiger charge is -2.26. The van der Waals surface area contributed by atoms with Gasteiger partial charge < -0.3 is 5.32 Å². The molecule has 2 rings (SSSR count).